The van der Waals surface area contributed by atoms with Crippen molar-refractivity contribution in [2.75, 3.05) is 26.2 Å². The number of aromatic nitrogens is 1. The molecule has 3 N–H and O–H groups in total. The molecule has 4 atom stereocenters. The lowest BCUT2D eigenvalue weighted by Crippen LogP contribution is -2.48. The fraction of sp³-hybridized carbons (Fsp3) is 0.429. The number of hydrogen-bond acceptors (Lipinski definition) is 10. The standard InChI is InChI=1S/C42H49N5O8/c1-28-17-19-30(20-18-28)37(45-41(51)53-27-29-12-4-2-5-13-29)40(50)47-26-32(54-42(52)46-22-10-3-11-23-46)25-34(47)35(48)24-31(14-8-9-21-43)38(49)39-44-33-15-6-7-16-36(33)55-39/h2,4-7,12-13,15-20,31-32,34,37H,3,8-11,14,21-27,43H2,1H3,(H,45,51)/t31-,32-,34+,37?/m1/s1. The number of unbranched alkanes of at least 4 members (excludes halogenated alkanes) is 1. The Morgan fingerprint density at radius 1 is 0.927 bits per heavy atom. The molecule has 1 unspecified atom stereocenters. The number of hydrogen-bond donors (Lipinski definition) is 2. The Kier molecular flexibility index (Phi) is 13.3. The summed E-state index contributed by atoms with van der Waals surface area (Å²) in [5.74, 6) is -2.23. The molecule has 13 heteroatoms. The number of alkyl carbamates (subject to hydrolysis) is 1. The number of rotatable bonds is 15. The van der Waals surface area contributed by atoms with Gasteiger partial charge in [-0.15, -0.1) is 0 Å². The number of nitrogens with one attached hydrogen (secondary N) is 1. The summed E-state index contributed by atoms with van der Waals surface area (Å²) in [6.07, 6.45) is 2.10. The quantitative estimate of drug-likeness (QED) is 0.104. The largest absolute Gasteiger partial charge is 0.445 e. The maximum atomic E-state index is 14.7. The van der Waals surface area contributed by atoms with Crippen LogP contribution in [-0.4, -0.2) is 82.8 Å². The number of nitrogens with zero attached hydrogens (tertiary/aromatic N) is 3. The summed E-state index contributed by atoms with van der Waals surface area (Å²) < 4.78 is 17.2. The Labute approximate surface area is 320 Å². The maximum absolute atomic E-state index is 14.7. The average molecular weight is 752 g/mol. The number of carbonyl (C=O) groups is 5. The van der Waals surface area contributed by atoms with Gasteiger partial charge >= 0.3 is 12.2 Å². The van der Waals surface area contributed by atoms with Gasteiger partial charge in [-0.1, -0.05) is 78.7 Å². The number of carbonyl (C=O) groups excluding carboxylic acids is 5. The van der Waals surface area contributed by atoms with E-state index in [-0.39, 0.29) is 37.7 Å². The molecular formula is C42H49N5O8. The first-order valence-corrected chi connectivity index (χ1v) is 19.1. The molecule has 3 aromatic carbocycles. The van der Waals surface area contributed by atoms with Crippen molar-refractivity contribution in [3.05, 3.63) is 101 Å². The van der Waals surface area contributed by atoms with E-state index in [0.29, 0.717) is 55.6 Å². The van der Waals surface area contributed by atoms with Gasteiger partial charge in [-0.2, -0.15) is 0 Å². The van der Waals surface area contributed by atoms with Crippen LogP contribution in [0.25, 0.3) is 11.1 Å². The molecule has 3 heterocycles. The molecule has 0 radical (unpaired) electrons. The number of ketones is 2. The van der Waals surface area contributed by atoms with Gasteiger partial charge in [-0.05, 0) is 68.8 Å². The number of Topliss-reactive ketones (excluding diaryl/α,β-unsaturated/α-hetero) is 2. The van der Waals surface area contributed by atoms with Gasteiger partial charge < -0.3 is 34.7 Å². The van der Waals surface area contributed by atoms with Crippen molar-refractivity contribution in [2.24, 2.45) is 11.7 Å². The van der Waals surface area contributed by atoms with Gasteiger partial charge in [0.2, 0.25) is 5.78 Å². The van der Waals surface area contributed by atoms with E-state index in [1.54, 1.807) is 41.3 Å². The number of oxazole rings is 1. The minimum Gasteiger partial charge on any atom is -0.445 e. The number of fused-ring (bicyclic) bond motifs is 1. The van der Waals surface area contributed by atoms with E-state index in [2.05, 4.69) is 10.3 Å². The molecule has 1 aromatic heterocycles. The van der Waals surface area contributed by atoms with E-state index in [0.717, 1.165) is 30.4 Å². The van der Waals surface area contributed by atoms with Gasteiger partial charge in [-0.3, -0.25) is 14.4 Å². The van der Waals surface area contributed by atoms with E-state index in [1.807, 2.05) is 49.4 Å². The Morgan fingerprint density at radius 3 is 2.38 bits per heavy atom. The highest BCUT2D eigenvalue weighted by Crippen LogP contribution is 2.31. The maximum Gasteiger partial charge on any atom is 0.410 e. The van der Waals surface area contributed by atoms with Gasteiger partial charge in [0.1, 0.15) is 24.3 Å². The fourth-order valence-electron chi connectivity index (χ4n) is 7.21. The topological polar surface area (TPSA) is 174 Å². The lowest BCUT2D eigenvalue weighted by atomic mass is 9.89. The van der Waals surface area contributed by atoms with Crippen molar-refractivity contribution in [3.8, 4) is 0 Å². The van der Waals surface area contributed by atoms with Crippen LogP contribution in [0.1, 0.15) is 84.8 Å². The van der Waals surface area contributed by atoms with Crippen molar-refractivity contribution in [1.29, 1.82) is 0 Å². The Hall–Kier alpha value is -5.56. The van der Waals surface area contributed by atoms with Crippen molar-refractivity contribution in [2.45, 2.75) is 83.1 Å². The third-order valence-corrected chi connectivity index (χ3v) is 10.3. The van der Waals surface area contributed by atoms with Crippen LogP contribution < -0.4 is 11.1 Å². The van der Waals surface area contributed by atoms with Gasteiger partial charge in [0.15, 0.2) is 11.4 Å². The SMILES string of the molecule is Cc1ccc(C(NC(=O)OCc2ccccc2)C(=O)N2C[C@H](OC(=O)N3CCCCC3)C[C@H]2C(=O)C[C@@H](CCCCN)C(=O)c2nc3ccccc3o2)cc1. The number of ether oxygens (including phenoxy) is 2. The summed E-state index contributed by atoms with van der Waals surface area (Å²) in [7, 11) is 0. The summed E-state index contributed by atoms with van der Waals surface area (Å²) in [5, 5.41) is 2.73. The van der Waals surface area contributed by atoms with E-state index in [9.17, 15) is 24.0 Å². The van der Waals surface area contributed by atoms with Crippen molar-refractivity contribution >= 4 is 40.8 Å². The van der Waals surface area contributed by atoms with Crippen LogP contribution in [0.5, 0.6) is 0 Å². The Balaban J connectivity index is 1.26. The summed E-state index contributed by atoms with van der Waals surface area (Å²) >= 11 is 0. The van der Waals surface area contributed by atoms with Crippen LogP contribution in [0.3, 0.4) is 0 Å². The molecule has 2 saturated heterocycles. The highest BCUT2D eigenvalue weighted by molar-refractivity contribution is 6.00. The molecule has 55 heavy (non-hydrogen) atoms. The number of benzene rings is 3. The molecule has 290 valence electrons. The number of piperidine rings is 1. The first kappa shape index (κ1) is 39.1. The second kappa shape index (κ2) is 18.7. The van der Waals surface area contributed by atoms with E-state index >= 15 is 0 Å². The van der Waals surface area contributed by atoms with Crippen LogP contribution in [0.15, 0.2) is 83.3 Å². The predicted molar refractivity (Wildman–Crippen MR) is 204 cm³/mol. The molecule has 13 nitrogen and oxygen atoms in total. The fourth-order valence-corrected chi connectivity index (χ4v) is 7.21. The molecule has 0 bridgehead atoms. The molecule has 0 saturated carbocycles. The summed E-state index contributed by atoms with van der Waals surface area (Å²) in [6, 6.07) is 21.1. The number of para-hydroxylation sites is 2. The Bertz CT molecular complexity index is 1910. The number of nitrogens with two attached hydrogens (primary N) is 1. The minimum atomic E-state index is -1.22. The minimum absolute atomic E-state index is 0.0134. The van der Waals surface area contributed by atoms with E-state index < -0.39 is 48.0 Å². The second-order valence-electron chi connectivity index (χ2n) is 14.3. The lowest BCUT2D eigenvalue weighted by Gasteiger charge is -2.29. The number of amides is 3. The highest BCUT2D eigenvalue weighted by atomic mass is 16.6. The second-order valence-corrected chi connectivity index (χ2v) is 14.3. The molecule has 2 aliphatic heterocycles. The summed E-state index contributed by atoms with van der Waals surface area (Å²) in [6.45, 7) is 3.39. The van der Waals surface area contributed by atoms with Crippen LogP contribution in [0.2, 0.25) is 0 Å². The van der Waals surface area contributed by atoms with Crippen LogP contribution in [0.4, 0.5) is 9.59 Å². The van der Waals surface area contributed by atoms with Gasteiger partial charge in [0, 0.05) is 31.8 Å². The molecule has 2 aliphatic rings. The molecule has 2 fully saturated rings. The zero-order valence-corrected chi connectivity index (χ0v) is 31.2. The molecule has 4 aromatic rings. The third-order valence-electron chi connectivity index (χ3n) is 10.3. The van der Waals surface area contributed by atoms with Gasteiger partial charge in [0.25, 0.3) is 11.8 Å². The number of likely N-dealkylation sites (tertiary alicyclic amines) is 2. The molecular weight excluding hydrogens is 702 g/mol. The third kappa shape index (κ3) is 10.2. The highest BCUT2D eigenvalue weighted by Gasteiger charge is 2.45. The van der Waals surface area contributed by atoms with Crippen molar-refractivity contribution in [3.63, 3.8) is 0 Å². The zero-order chi connectivity index (χ0) is 38.7. The van der Waals surface area contributed by atoms with Crippen LogP contribution in [-0.2, 0) is 25.7 Å². The zero-order valence-electron chi connectivity index (χ0n) is 31.2. The number of aryl methyl sites for hydroxylation is 1. The summed E-state index contributed by atoms with van der Waals surface area (Å²) in [4.78, 5) is 76.9. The average Bonchev–Trinajstić information content (AvgIpc) is 3.84. The van der Waals surface area contributed by atoms with Gasteiger partial charge in [-0.25, -0.2) is 14.6 Å². The summed E-state index contributed by atoms with van der Waals surface area (Å²) in [5.41, 5.74) is 8.96. The smallest absolute Gasteiger partial charge is 0.410 e. The van der Waals surface area contributed by atoms with E-state index in [1.165, 1.54) is 4.90 Å². The molecule has 6 rings (SSSR count). The lowest BCUT2D eigenvalue weighted by molar-refractivity contribution is -0.139. The van der Waals surface area contributed by atoms with Crippen molar-refractivity contribution in [1.82, 2.24) is 20.1 Å². The molecule has 0 aliphatic carbocycles. The van der Waals surface area contributed by atoms with E-state index in [4.69, 9.17) is 19.6 Å². The Morgan fingerprint density at radius 2 is 1.65 bits per heavy atom. The normalized spacial score (nSPS) is 18.1. The predicted octanol–water partition coefficient (Wildman–Crippen LogP) is 6.28. The first-order valence-electron chi connectivity index (χ1n) is 19.1. The first-order chi connectivity index (χ1) is 26.7. The van der Waals surface area contributed by atoms with Gasteiger partial charge in [0.05, 0.1) is 12.6 Å². The van der Waals surface area contributed by atoms with Crippen LogP contribution >= 0.6 is 0 Å². The monoisotopic (exact) mass is 751 g/mol. The van der Waals surface area contributed by atoms with Crippen molar-refractivity contribution < 1.29 is 37.9 Å². The molecule has 0 spiro atoms. The molecule has 3 amide bonds. The van der Waals surface area contributed by atoms with Crippen LogP contribution in [0, 0.1) is 12.8 Å².